The van der Waals surface area contributed by atoms with Crippen molar-refractivity contribution in [3.8, 4) is 0 Å². The zero-order chi connectivity index (χ0) is 9.73. The molecule has 0 aliphatic carbocycles. The van der Waals surface area contributed by atoms with E-state index in [0.717, 1.165) is 32.3 Å². The molecule has 1 saturated heterocycles. The quantitative estimate of drug-likeness (QED) is 0.614. The summed E-state index contributed by atoms with van der Waals surface area (Å²) in [4.78, 5) is 12.5. The van der Waals surface area contributed by atoms with Crippen LogP contribution in [-0.2, 0) is 9.53 Å². The SMILES string of the molecule is COC1(C)CCCN(CCC=O)C1. The van der Waals surface area contributed by atoms with E-state index >= 15 is 0 Å². The van der Waals surface area contributed by atoms with E-state index in [1.807, 2.05) is 0 Å². The minimum absolute atomic E-state index is 0.00113. The Morgan fingerprint density at radius 2 is 2.38 bits per heavy atom. The lowest BCUT2D eigenvalue weighted by Gasteiger charge is -2.39. The van der Waals surface area contributed by atoms with Gasteiger partial charge in [-0.1, -0.05) is 0 Å². The van der Waals surface area contributed by atoms with Crippen molar-refractivity contribution < 1.29 is 9.53 Å². The fourth-order valence-corrected chi connectivity index (χ4v) is 1.90. The molecule has 0 radical (unpaired) electrons. The lowest BCUT2D eigenvalue weighted by Crippen LogP contribution is -2.47. The van der Waals surface area contributed by atoms with Gasteiger partial charge in [0.15, 0.2) is 0 Å². The summed E-state index contributed by atoms with van der Waals surface area (Å²) < 4.78 is 5.46. The Bertz CT molecular complexity index is 172. The Hall–Kier alpha value is -0.410. The van der Waals surface area contributed by atoms with E-state index in [0.29, 0.717) is 6.42 Å². The van der Waals surface area contributed by atoms with Crippen LogP contribution in [0.5, 0.6) is 0 Å². The first kappa shape index (κ1) is 10.7. The van der Waals surface area contributed by atoms with Crippen molar-refractivity contribution in [1.29, 1.82) is 0 Å². The lowest BCUT2D eigenvalue weighted by molar-refractivity contribution is -0.108. The molecule has 1 atom stereocenters. The molecule has 13 heavy (non-hydrogen) atoms. The zero-order valence-corrected chi connectivity index (χ0v) is 8.58. The van der Waals surface area contributed by atoms with E-state index in [2.05, 4.69) is 11.8 Å². The first-order valence-corrected chi connectivity index (χ1v) is 4.91. The summed E-state index contributed by atoms with van der Waals surface area (Å²) in [7, 11) is 1.77. The third-order valence-electron chi connectivity index (χ3n) is 2.79. The van der Waals surface area contributed by atoms with Gasteiger partial charge in [0.1, 0.15) is 6.29 Å². The average molecular weight is 185 g/mol. The number of hydrogen-bond acceptors (Lipinski definition) is 3. The maximum Gasteiger partial charge on any atom is 0.121 e. The van der Waals surface area contributed by atoms with Crippen molar-refractivity contribution in [2.75, 3.05) is 26.7 Å². The predicted octanol–water partition coefficient (Wildman–Crippen LogP) is 1.08. The van der Waals surface area contributed by atoms with E-state index in [4.69, 9.17) is 4.74 Å². The molecule has 76 valence electrons. The van der Waals surface area contributed by atoms with Gasteiger partial charge < -0.3 is 14.4 Å². The van der Waals surface area contributed by atoms with E-state index < -0.39 is 0 Å². The fourth-order valence-electron chi connectivity index (χ4n) is 1.90. The molecule has 1 aliphatic rings. The summed E-state index contributed by atoms with van der Waals surface area (Å²) in [5.74, 6) is 0. The molecule has 0 spiro atoms. The Morgan fingerprint density at radius 1 is 1.62 bits per heavy atom. The summed E-state index contributed by atoms with van der Waals surface area (Å²) in [6.45, 7) is 5.08. The number of methoxy groups -OCH3 is 1. The molecule has 1 rings (SSSR count). The predicted molar refractivity (Wildman–Crippen MR) is 51.8 cm³/mol. The van der Waals surface area contributed by atoms with Gasteiger partial charge in [0.2, 0.25) is 0 Å². The molecule has 1 heterocycles. The molecule has 1 fully saturated rings. The summed E-state index contributed by atoms with van der Waals surface area (Å²) in [6, 6.07) is 0. The zero-order valence-electron chi connectivity index (χ0n) is 8.58. The smallest absolute Gasteiger partial charge is 0.121 e. The number of nitrogens with zero attached hydrogens (tertiary/aromatic N) is 1. The second kappa shape index (κ2) is 4.72. The summed E-state index contributed by atoms with van der Waals surface area (Å²) >= 11 is 0. The Balaban J connectivity index is 2.37. The second-order valence-corrected chi connectivity index (χ2v) is 3.99. The van der Waals surface area contributed by atoms with Gasteiger partial charge in [0, 0.05) is 26.6 Å². The highest BCUT2D eigenvalue weighted by molar-refractivity contribution is 5.49. The van der Waals surface area contributed by atoms with Crippen LogP contribution in [0.15, 0.2) is 0 Å². The summed E-state index contributed by atoms with van der Waals surface area (Å²) in [5.41, 5.74) is 0.00113. The van der Waals surface area contributed by atoms with Gasteiger partial charge in [-0.15, -0.1) is 0 Å². The number of carbonyl (C=O) groups excluding carboxylic acids is 1. The van der Waals surface area contributed by atoms with Crippen molar-refractivity contribution in [1.82, 2.24) is 4.90 Å². The largest absolute Gasteiger partial charge is 0.377 e. The molecule has 0 aromatic rings. The number of carbonyl (C=O) groups is 1. The van der Waals surface area contributed by atoms with Gasteiger partial charge in [-0.2, -0.15) is 0 Å². The minimum Gasteiger partial charge on any atom is -0.377 e. The third-order valence-corrected chi connectivity index (χ3v) is 2.79. The molecular weight excluding hydrogens is 166 g/mol. The number of piperidine rings is 1. The number of likely N-dealkylation sites (tertiary alicyclic amines) is 1. The first-order chi connectivity index (χ1) is 6.20. The molecule has 0 N–H and O–H groups in total. The minimum atomic E-state index is 0.00113. The standard InChI is InChI=1S/C10H19NO2/c1-10(13-2)5-3-6-11(9-10)7-4-8-12/h8H,3-7,9H2,1-2H3. The highest BCUT2D eigenvalue weighted by Crippen LogP contribution is 2.23. The van der Waals surface area contributed by atoms with Crippen molar-refractivity contribution in [3.05, 3.63) is 0 Å². The molecule has 0 bridgehead atoms. The third kappa shape index (κ3) is 3.08. The molecule has 1 unspecified atom stereocenters. The van der Waals surface area contributed by atoms with Gasteiger partial charge in [0.25, 0.3) is 0 Å². The lowest BCUT2D eigenvalue weighted by atomic mass is 9.95. The Kier molecular flexibility index (Phi) is 3.88. The normalized spacial score (nSPS) is 30.3. The van der Waals surface area contributed by atoms with Crippen LogP contribution in [0.3, 0.4) is 0 Å². The van der Waals surface area contributed by atoms with Crippen LogP contribution in [0, 0.1) is 0 Å². The molecule has 0 saturated carbocycles. The van der Waals surface area contributed by atoms with Crippen molar-refractivity contribution in [2.45, 2.75) is 31.8 Å². The van der Waals surface area contributed by atoms with Crippen LogP contribution in [0.4, 0.5) is 0 Å². The fraction of sp³-hybridized carbons (Fsp3) is 0.900. The maximum atomic E-state index is 10.2. The van der Waals surface area contributed by atoms with Crippen LogP contribution in [0.25, 0.3) is 0 Å². The summed E-state index contributed by atoms with van der Waals surface area (Å²) in [5, 5.41) is 0. The Labute approximate surface area is 80.1 Å². The van der Waals surface area contributed by atoms with Gasteiger partial charge in [-0.25, -0.2) is 0 Å². The van der Waals surface area contributed by atoms with E-state index in [1.54, 1.807) is 7.11 Å². The van der Waals surface area contributed by atoms with Crippen molar-refractivity contribution in [3.63, 3.8) is 0 Å². The van der Waals surface area contributed by atoms with Gasteiger partial charge >= 0.3 is 0 Å². The highest BCUT2D eigenvalue weighted by atomic mass is 16.5. The first-order valence-electron chi connectivity index (χ1n) is 4.91. The van der Waals surface area contributed by atoms with E-state index in [-0.39, 0.29) is 5.60 Å². The van der Waals surface area contributed by atoms with Crippen LogP contribution in [0.2, 0.25) is 0 Å². The van der Waals surface area contributed by atoms with Crippen molar-refractivity contribution >= 4 is 6.29 Å². The van der Waals surface area contributed by atoms with Crippen molar-refractivity contribution in [2.24, 2.45) is 0 Å². The second-order valence-electron chi connectivity index (χ2n) is 3.99. The Morgan fingerprint density at radius 3 is 3.00 bits per heavy atom. The number of aldehydes is 1. The topological polar surface area (TPSA) is 29.5 Å². The van der Waals surface area contributed by atoms with E-state index in [1.165, 1.54) is 6.42 Å². The highest BCUT2D eigenvalue weighted by Gasteiger charge is 2.30. The molecule has 0 aromatic carbocycles. The maximum absolute atomic E-state index is 10.2. The van der Waals surface area contributed by atoms with Crippen LogP contribution in [0.1, 0.15) is 26.2 Å². The molecular formula is C10H19NO2. The van der Waals surface area contributed by atoms with E-state index in [9.17, 15) is 4.79 Å². The molecule has 1 aliphatic heterocycles. The van der Waals surface area contributed by atoms with Gasteiger partial charge in [-0.3, -0.25) is 0 Å². The molecule has 0 aromatic heterocycles. The number of ether oxygens (including phenoxy) is 1. The number of hydrogen-bond donors (Lipinski definition) is 0. The van der Waals surface area contributed by atoms with Gasteiger partial charge in [0.05, 0.1) is 5.60 Å². The summed E-state index contributed by atoms with van der Waals surface area (Å²) in [6.07, 6.45) is 3.92. The molecule has 3 heteroatoms. The van der Waals surface area contributed by atoms with Gasteiger partial charge in [-0.05, 0) is 26.3 Å². The average Bonchev–Trinajstić information content (AvgIpc) is 2.15. The van der Waals surface area contributed by atoms with Crippen LogP contribution >= 0.6 is 0 Å². The number of rotatable bonds is 4. The monoisotopic (exact) mass is 185 g/mol. The molecule has 0 amide bonds. The van der Waals surface area contributed by atoms with Crippen LogP contribution in [-0.4, -0.2) is 43.5 Å². The van der Waals surface area contributed by atoms with Crippen LogP contribution < -0.4 is 0 Å². The molecule has 3 nitrogen and oxygen atoms in total.